The molecule has 0 bridgehead atoms. The minimum atomic E-state index is -5.29. The smallest absolute Gasteiger partial charge is 0.744 e. The van der Waals surface area contributed by atoms with E-state index < -0.39 is 74.1 Å². The molecule has 7 rings (SSSR count). The summed E-state index contributed by atoms with van der Waals surface area (Å²) in [5, 5.41) is 13.7. The second-order valence-electron chi connectivity index (χ2n) is 12.9. The number of para-hydroxylation sites is 1. The predicted octanol–water partition coefficient (Wildman–Crippen LogP) is -4.19. The number of aryl methyl sites for hydroxylation is 1. The second-order valence-corrected chi connectivity index (χ2v) is 17.0. The third kappa shape index (κ3) is 11.2. The Bertz CT molecular complexity index is 3180. The molecule has 18 nitrogen and oxygen atoms in total. The average molecular weight is 923 g/mol. The van der Waals surface area contributed by atoms with E-state index in [1.54, 1.807) is 31.2 Å². The van der Waals surface area contributed by atoms with E-state index in [0.717, 1.165) is 23.8 Å². The molecule has 24 heteroatoms. The quantitative estimate of drug-likeness (QED) is 0.0620. The van der Waals surface area contributed by atoms with Crippen LogP contribution in [0.4, 0.5) is 27.5 Å². The van der Waals surface area contributed by atoms with E-state index in [9.17, 15) is 53.3 Å². The standard InChI is InChI=1S/C38H28N6O12S3.3Na/c1-20-4-2-3-5-31(20)42-44-35-33(59(54,55)56)19-24-16-26(10-13-30(24)37(35)46)40-38(47)39-25-9-12-29-23(15-25)18-32(58(51,52)53)34(36(29)45)43-41-27-8-6-22-17-28(57(48,49)50)11-7-21(22)14-27;;;/h2-19,41-42H,1H3,(H2,39,40,47)(H,48,49,50)(H,51,52,53)(H,54,55,56);;;/q;3*+1/p-3/b43-34+,44-35-;;;. The van der Waals surface area contributed by atoms with Gasteiger partial charge in [0.05, 0.1) is 26.1 Å². The number of rotatable bonds is 9. The number of ketones is 2. The normalized spacial score (nSPS) is 14.8. The maximum atomic E-state index is 13.5. The molecule has 0 saturated carbocycles. The van der Waals surface area contributed by atoms with Gasteiger partial charge in [0.15, 0.2) is 0 Å². The Hall–Kier alpha value is -3.88. The number of carbonyl (C=O) groups excluding carboxylic acids is 3. The van der Waals surface area contributed by atoms with Gasteiger partial charge in [-0.05, 0) is 113 Å². The molecule has 0 radical (unpaired) electrons. The van der Waals surface area contributed by atoms with Crippen LogP contribution in [0.15, 0.2) is 122 Å². The van der Waals surface area contributed by atoms with E-state index >= 15 is 0 Å². The van der Waals surface area contributed by atoms with Gasteiger partial charge >= 0.3 is 94.7 Å². The van der Waals surface area contributed by atoms with Gasteiger partial charge in [0.25, 0.3) is 0 Å². The fourth-order valence-electron chi connectivity index (χ4n) is 6.10. The van der Waals surface area contributed by atoms with Crippen LogP contribution < -0.4 is 110 Å². The van der Waals surface area contributed by atoms with Crippen molar-refractivity contribution in [1.82, 2.24) is 0 Å². The monoisotopic (exact) mass is 922 g/mol. The Morgan fingerprint density at radius 1 is 0.548 bits per heavy atom. The predicted molar refractivity (Wildman–Crippen MR) is 215 cm³/mol. The number of hydrazone groups is 2. The number of carbonyl (C=O) groups is 3. The van der Waals surface area contributed by atoms with E-state index in [1.165, 1.54) is 66.7 Å². The molecule has 5 aromatic rings. The number of hydrogen-bond acceptors (Lipinski definition) is 16. The SMILES string of the molecule is Cc1ccccc1N/N=C1\C(=O)c2ccc(NC(=O)Nc3ccc4c(c3)C=C(S(=O)(=O)[O-])/C(=N\Nc3ccc5cc(S(=O)(=O)[O-])ccc5c3)C4=O)cc2C=C1S(=O)(=O)[O-].[Na+].[Na+].[Na+]. The van der Waals surface area contributed by atoms with Crippen LogP contribution in [-0.2, 0) is 30.4 Å². The van der Waals surface area contributed by atoms with Crippen molar-refractivity contribution in [3.8, 4) is 0 Å². The van der Waals surface area contributed by atoms with E-state index in [1.807, 2.05) is 0 Å². The number of fused-ring (bicyclic) bond motifs is 3. The summed E-state index contributed by atoms with van der Waals surface area (Å²) in [6.07, 6.45) is 1.88. The van der Waals surface area contributed by atoms with Crippen molar-refractivity contribution >= 4 is 105 Å². The second kappa shape index (κ2) is 19.9. The first-order valence-corrected chi connectivity index (χ1v) is 21.0. The largest absolute Gasteiger partial charge is 1.00 e. The van der Waals surface area contributed by atoms with Crippen molar-refractivity contribution < 1.29 is 142 Å². The topological polar surface area (TPSA) is 296 Å². The van der Waals surface area contributed by atoms with Gasteiger partial charge in [-0.25, -0.2) is 30.0 Å². The van der Waals surface area contributed by atoms with E-state index in [0.29, 0.717) is 16.5 Å². The fourth-order valence-corrected chi connectivity index (χ4v) is 7.90. The molecule has 2 aliphatic carbocycles. The molecular formula is C38H25N6Na3O12S3. The molecule has 0 spiro atoms. The van der Waals surface area contributed by atoms with Crippen LogP contribution in [0.3, 0.4) is 0 Å². The third-order valence-electron chi connectivity index (χ3n) is 8.95. The van der Waals surface area contributed by atoms with Crippen molar-refractivity contribution in [2.24, 2.45) is 10.2 Å². The molecule has 2 aliphatic rings. The number of Topliss-reactive ketones (excluding diaryl/α,β-unsaturated/α-hetero) is 2. The molecule has 0 atom stereocenters. The zero-order valence-electron chi connectivity index (χ0n) is 32.9. The van der Waals surface area contributed by atoms with Gasteiger partial charge in [0.2, 0.25) is 11.6 Å². The van der Waals surface area contributed by atoms with Crippen molar-refractivity contribution in [1.29, 1.82) is 0 Å². The summed E-state index contributed by atoms with van der Waals surface area (Å²) in [7, 11) is -15.2. The zero-order valence-corrected chi connectivity index (χ0v) is 41.4. The molecule has 4 N–H and O–H groups in total. The average Bonchev–Trinajstić information content (AvgIpc) is 3.16. The van der Waals surface area contributed by atoms with Crippen molar-refractivity contribution in [3.63, 3.8) is 0 Å². The molecular weight excluding hydrogens is 898 g/mol. The van der Waals surface area contributed by atoms with E-state index in [-0.39, 0.29) is 128 Å². The Kier molecular flexibility index (Phi) is 16.3. The Morgan fingerprint density at radius 2 is 1.02 bits per heavy atom. The summed E-state index contributed by atoms with van der Waals surface area (Å²) in [6, 6.07) is 21.7. The molecule has 5 aromatic carbocycles. The van der Waals surface area contributed by atoms with Gasteiger partial charge in [-0.3, -0.25) is 20.4 Å². The van der Waals surface area contributed by atoms with Crippen LogP contribution in [0, 0.1) is 6.92 Å². The number of amides is 2. The van der Waals surface area contributed by atoms with Gasteiger partial charge in [-0.2, -0.15) is 10.2 Å². The first-order valence-electron chi connectivity index (χ1n) is 16.8. The molecule has 2 amide bonds. The molecule has 300 valence electrons. The van der Waals surface area contributed by atoms with E-state index in [2.05, 4.69) is 31.7 Å². The Morgan fingerprint density at radius 3 is 1.52 bits per heavy atom. The van der Waals surface area contributed by atoms with Crippen LogP contribution in [0.5, 0.6) is 0 Å². The molecule has 0 fully saturated rings. The van der Waals surface area contributed by atoms with Crippen molar-refractivity contribution in [2.45, 2.75) is 11.8 Å². The molecule has 0 aromatic heterocycles. The summed E-state index contributed by atoms with van der Waals surface area (Å²) in [6.45, 7) is 1.75. The number of urea groups is 1. The van der Waals surface area contributed by atoms with Crippen LogP contribution in [0.2, 0.25) is 0 Å². The van der Waals surface area contributed by atoms with Crippen LogP contribution in [0.1, 0.15) is 37.4 Å². The molecule has 0 unspecified atom stereocenters. The Labute approximate surface area is 420 Å². The van der Waals surface area contributed by atoms with Gasteiger partial charge in [0.1, 0.15) is 41.8 Å². The van der Waals surface area contributed by atoms with Crippen LogP contribution >= 0.6 is 0 Å². The number of nitrogens with one attached hydrogen (secondary N) is 4. The van der Waals surface area contributed by atoms with Crippen LogP contribution in [0.25, 0.3) is 22.9 Å². The maximum Gasteiger partial charge on any atom is 1.00 e. The molecule has 0 heterocycles. The third-order valence-corrected chi connectivity index (χ3v) is 11.5. The maximum absolute atomic E-state index is 13.5. The summed E-state index contributed by atoms with van der Waals surface area (Å²) in [4.78, 5) is 37.6. The summed E-state index contributed by atoms with van der Waals surface area (Å²) >= 11 is 0. The molecule has 62 heavy (non-hydrogen) atoms. The fraction of sp³-hybridized carbons (Fsp3) is 0.0263. The minimum Gasteiger partial charge on any atom is -0.744 e. The number of allylic oxidation sites excluding steroid dienone is 2. The number of benzene rings is 5. The molecule has 0 saturated heterocycles. The summed E-state index contributed by atoms with van der Waals surface area (Å²) in [5.41, 5.74) is 5.21. The van der Waals surface area contributed by atoms with Crippen LogP contribution in [-0.4, -0.2) is 67.9 Å². The van der Waals surface area contributed by atoms with Crippen molar-refractivity contribution in [2.75, 3.05) is 21.5 Å². The summed E-state index contributed by atoms with van der Waals surface area (Å²) in [5.74, 6) is -1.80. The number of hydrogen-bond donors (Lipinski definition) is 4. The summed E-state index contributed by atoms with van der Waals surface area (Å²) < 4.78 is 108. The van der Waals surface area contributed by atoms with Crippen molar-refractivity contribution in [3.05, 3.63) is 135 Å². The Balaban J connectivity index is 0.00000282. The van der Waals surface area contributed by atoms with Gasteiger partial charge in [0, 0.05) is 22.5 Å². The minimum absolute atomic E-state index is 0. The van der Waals surface area contributed by atoms with E-state index in [4.69, 9.17) is 0 Å². The number of nitrogens with zero attached hydrogens (tertiary/aromatic N) is 2. The molecule has 0 aliphatic heterocycles. The zero-order chi connectivity index (χ0) is 42.4. The van der Waals surface area contributed by atoms with Gasteiger partial charge in [-0.15, -0.1) is 0 Å². The first kappa shape index (κ1) is 50.8. The van der Waals surface area contributed by atoms with Gasteiger partial charge in [-0.1, -0.05) is 30.3 Å². The van der Waals surface area contributed by atoms with Gasteiger partial charge < -0.3 is 24.3 Å². The number of anilines is 4. The first-order chi connectivity index (χ1) is 27.8.